The predicted molar refractivity (Wildman–Crippen MR) is 542 cm³/mol. The zero-order chi connectivity index (χ0) is 88.6. The first-order valence-electron chi connectivity index (χ1n) is 44.9. The van der Waals surface area contributed by atoms with Gasteiger partial charge in [-0.15, -0.1) is 0 Å². The van der Waals surface area contributed by atoms with E-state index >= 15 is 0 Å². The van der Waals surface area contributed by atoms with Crippen LogP contribution in [0.2, 0.25) is 0 Å². The fourth-order valence-corrected chi connectivity index (χ4v) is 22.7. The smallest absolute Gasteiger partial charge is 0.104 e. The first kappa shape index (κ1) is 75.6. The van der Waals surface area contributed by atoms with Crippen LogP contribution >= 0.6 is 0 Å². The van der Waals surface area contributed by atoms with Gasteiger partial charge in [0.1, 0.15) is 46.5 Å². The van der Waals surface area contributed by atoms with Gasteiger partial charge in [-0.25, -0.2) is 0 Å². The van der Waals surface area contributed by atoms with Crippen LogP contribution in [0.4, 0.5) is 0 Å². The van der Waals surface area contributed by atoms with E-state index in [-0.39, 0.29) is 0 Å². The summed E-state index contributed by atoms with van der Waals surface area (Å²) in [4.78, 5) is 0. The maximum atomic E-state index is 13.3. The maximum absolute atomic E-state index is 13.3. The van der Waals surface area contributed by atoms with Crippen molar-refractivity contribution in [1.82, 2.24) is 36.5 Å². The van der Waals surface area contributed by atoms with E-state index in [2.05, 4.69) is 443 Å². The second kappa shape index (κ2) is 28.2. The number of hydrogen-bond acceptors (Lipinski definition) is 4. The minimum absolute atomic E-state index is 0.374. The highest BCUT2D eigenvalue weighted by Crippen LogP contribution is 2.53. The third-order valence-corrected chi connectivity index (χ3v) is 28.1. The summed E-state index contributed by atoms with van der Waals surface area (Å²) in [5.41, 5.74) is 30.1. The van der Waals surface area contributed by atoms with Gasteiger partial charge < -0.3 is 36.5 Å². The molecule has 0 saturated heterocycles. The highest BCUT2D eigenvalue weighted by molar-refractivity contribution is 6.20. The summed E-state index contributed by atoms with van der Waals surface area (Å²) in [6.07, 6.45) is 0.515. The molecule has 0 aliphatic rings. The molecule has 12 nitrogen and oxygen atoms in total. The van der Waals surface area contributed by atoms with E-state index in [0.29, 0.717) is 74.2 Å². The van der Waals surface area contributed by atoms with Crippen LogP contribution in [0.3, 0.4) is 0 Å². The Balaban J connectivity index is 0.748. The average Bonchev–Trinajstić information content (AvgIpc) is 1.48. The summed E-state index contributed by atoms with van der Waals surface area (Å²) in [7, 11) is 0. The molecule has 0 spiro atoms. The summed E-state index contributed by atoms with van der Waals surface area (Å²) in [5, 5.41) is 69.0. The van der Waals surface area contributed by atoms with Gasteiger partial charge in [-0.1, -0.05) is 221 Å². The van der Waals surface area contributed by atoms with Gasteiger partial charge in [0.25, 0.3) is 0 Å². The van der Waals surface area contributed by atoms with Crippen LogP contribution in [-0.2, 0) is 6.42 Å². The average molecular weight is 1690 g/mol. The fourth-order valence-electron chi connectivity index (χ4n) is 22.7. The Morgan fingerprint density at radius 2 is 0.295 bits per heavy atom. The normalized spacial score (nSPS) is 12.1. The molecule has 0 N–H and O–H groups in total. The van der Waals surface area contributed by atoms with Crippen LogP contribution in [0.5, 0.6) is 0 Å². The lowest BCUT2D eigenvalue weighted by Gasteiger charge is -2.27. The SMILES string of the molecule is Cc1ccc2c(c1)c1cc(C)ccc1n2-c1c(C#N)c(-n2c3ccc(C)cc3c3cc(C)ccc32)c(-n2c3ccc(C)cc3c3cc(Cc4ccc5c(c4)c4ccccc4n5-c4c(C#N)c(-n5c6ccccc6c6ccccc65)c(-n5c6ccccc6c6ccccc65)c(C#N)c4-n4c5ccccc5c5ccccc54)ccc32)c(C#N)c1-n1c2ccc(C)cc2c2cc(C)ccc21. The molecule has 8 heterocycles. The van der Waals surface area contributed by atoms with Crippen LogP contribution in [0.1, 0.15) is 72.3 Å². The Kier molecular flexibility index (Phi) is 16.1. The number of para-hydroxylation sites is 7. The van der Waals surface area contributed by atoms with E-state index < -0.39 is 0 Å². The Labute approximate surface area is 757 Å². The van der Waals surface area contributed by atoms with Crippen molar-refractivity contribution in [3.8, 4) is 69.8 Å². The summed E-state index contributed by atoms with van der Waals surface area (Å²) in [6, 6.07) is 131. The van der Waals surface area contributed by atoms with Crippen molar-refractivity contribution in [2.45, 2.75) is 54.9 Å². The largest absolute Gasteiger partial charge is 0.306 e. The standard InChI is InChI=1S/C120H78N12/c1-68-36-45-104-84(54-68)85-55-69(2)37-46-105(85)129(104)117-95(66-123)119(131-108-49-40-72(5)58-88(108)89-59-73(6)41-50-109(89)131)120(96(67-124)118(117)130-106-47-38-70(3)56-86(106)87-57-71(4)39-48-107(87)130)132-110-51-42-74(7)60-90(110)92-63-76(44-53-112(92)132)61-75-43-52-111-91(62-75)83-28-14-21-35-103(83)128(111)116-94(65-122)114(126-99-31-17-10-24-79(99)80-25-11-18-32-100(80)126)113(125-97-29-15-8-22-77(97)78-23-9-16-30-98(78)125)93(64-121)115(116)127-101-33-19-12-26-81(101)82-27-13-20-34-102(82)127/h8-60,62-63H,61H2,1-7H3. The molecule has 0 fully saturated rings. The Morgan fingerprint density at radius 1 is 0.159 bits per heavy atom. The number of benzene rings is 18. The van der Waals surface area contributed by atoms with Crippen molar-refractivity contribution in [3.05, 3.63) is 406 Å². The molecule has 0 aliphatic carbocycles. The van der Waals surface area contributed by atoms with Gasteiger partial charge in [0.2, 0.25) is 0 Å². The van der Waals surface area contributed by atoms with Gasteiger partial charge >= 0.3 is 0 Å². The summed E-state index contributed by atoms with van der Waals surface area (Å²) in [6.45, 7) is 15.0. The van der Waals surface area contributed by atoms with E-state index in [1.54, 1.807) is 0 Å². The Morgan fingerprint density at radius 3 is 0.470 bits per heavy atom. The molecule has 0 amide bonds. The van der Waals surface area contributed by atoms with Crippen molar-refractivity contribution in [1.29, 1.82) is 21.0 Å². The number of rotatable bonds is 10. The van der Waals surface area contributed by atoms with Crippen molar-refractivity contribution in [3.63, 3.8) is 0 Å². The van der Waals surface area contributed by atoms with Gasteiger partial charge in [-0.2, -0.15) is 21.0 Å². The second-order valence-corrected chi connectivity index (χ2v) is 36.1. The molecule has 0 unspecified atom stereocenters. The monoisotopic (exact) mass is 1690 g/mol. The zero-order valence-corrected chi connectivity index (χ0v) is 73.3. The molecule has 0 aliphatic heterocycles. The van der Waals surface area contributed by atoms with E-state index in [1.807, 2.05) is 0 Å². The van der Waals surface area contributed by atoms with Crippen molar-refractivity contribution in [2.75, 3.05) is 0 Å². The molecule has 8 aromatic heterocycles. The highest BCUT2D eigenvalue weighted by atomic mass is 15.1. The minimum Gasteiger partial charge on any atom is -0.306 e. The molecule has 12 heteroatoms. The summed E-state index contributed by atoms with van der Waals surface area (Å²) in [5.74, 6) is 0. The van der Waals surface area contributed by atoms with Crippen LogP contribution in [0.25, 0.3) is 220 Å². The Bertz CT molecular complexity index is 9590. The minimum atomic E-state index is 0.374. The molecule has 0 atom stereocenters. The molecular weight excluding hydrogens is 1610 g/mol. The topological polar surface area (TPSA) is 135 Å². The van der Waals surface area contributed by atoms with Crippen LogP contribution < -0.4 is 0 Å². The molecular formula is C120H78N12. The summed E-state index contributed by atoms with van der Waals surface area (Å²) < 4.78 is 18.2. The zero-order valence-electron chi connectivity index (χ0n) is 73.3. The van der Waals surface area contributed by atoms with Crippen LogP contribution in [-0.4, -0.2) is 36.5 Å². The van der Waals surface area contributed by atoms with Gasteiger partial charge in [0, 0.05) is 86.2 Å². The summed E-state index contributed by atoms with van der Waals surface area (Å²) >= 11 is 0. The maximum Gasteiger partial charge on any atom is 0.104 e. The van der Waals surface area contributed by atoms with Crippen molar-refractivity contribution < 1.29 is 0 Å². The quantitative estimate of drug-likeness (QED) is 0.135. The van der Waals surface area contributed by atoms with Crippen molar-refractivity contribution in [2.24, 2.45) is 0 Å². The molecule has 132 heavy (non-hydrogen) atoms. The van der Waals surface area contributed by atoms with Gasteiger partial charge in [0.15, 0.2) is 0 Å². The number of hydrogen-bond donors (Lipinski definition) is 0. The van der Waals surface area contributed by atoms with E-state index in [1.165, 1.54) is 0 Å². The van der Waals surface area contributed by atoms with E-state index in [9.17, 15) is 21.0 Å². The molecule has 0 radical (unpaired) electrons. The number of nitrogens with zero attached hydrogens (tertiary/aromatic N) is 12. The third kappa shape index (κ3) is 10.5. The van der Waals surface area contributed by atoms with Crippen LogP contribution in [0, 0.1) is 93.8 Å². The Hall–Kier alpha value is -17.7. The number of aryl methyl sites for hydroxylation is 7. The van der Waals surface area contributed by atoms with Crippen molar-refractivity contribution >= 4 is 174 Å². The number of aromatic nitrogens is 8. The highest BCUT2D eigenvalue weighted by Gasteiger charge is 2.38. The molecule has 0 saturated carbocycles. The molecule has 18 aromatic carbocycles. The molecule has 0 bridgehead atoms. The van der Waals surface area contributed by atoms with E-state index in [0.717, 1.165) is 225 Å². The van der Waals surface area contributed by atoms with Gasteiger partial charge in [0.05, 0.1) is 134 Å². The number of nitriles is 4. The number of fused-ring (bicyclic) bond motifs is 24. The lowest BCUT2D eigenvalue weighted by Crippen LogP contribution is -2.16. The van der Waals surface area contributed by atoms with E-state index in [4.69, 9.17) is 0 Å². The van der Waals surface area contributed by atoms with Crippen LogP contribution in [0.15, 0.2) is 334 Å². The lowest BCUT2D eigenvalue weighted by atomic mass is 9.98. The predicted octanol–water partition coefficient (Wildman–Crippen LogP) is 29.7. The molecule has 618 valence electrons. The first-order valence-corrected chi connectivity index (χ1v) is 44.9. The second-order valence-electron chi connectivity index (χ2n) is 36.1. The first-order chi connectivity index (χ1) is 64.7. The molecule has 26 rings (SSSR count). The van der Waals surface area contributed by atoms with Gasteiger partial charge in [-0.3, -0.25) is 0 Å². The molecule has 26 aromatic rings. The lowest BCUT2D eigenvalue weighted by molar-refractivity contribution is 1.02. The third-order valence-electron chi connectivity index (χ3n) is 28.1. The van der Waals surface area contributed by atoms with Gasteiger partial charge in [-0.05, 0) is 218 Å². The fraction of sp³-hybridized carbons (Fsp3) is 0.0667.